The molecule has 1 heterocycles. The number of benzene rings is 4. The lowest BCUT2D eigenvalue weighted by atomic mass is 9.70. The number of fused-ring (bicyclic) bond motifs is 4. The Balaban J connectivity index is 1.68. The number of nitrogens with zero attached hydrogens (tertiary/aromatic N) is 1. The number of anilines is 1. The van der Waals surface area contributed by atoms with Crippen LogP contribution in [0.3, 0.4) is 0 Å². The monoisotopic (exact) mass is 1210 g/mol. The molecule has 0 saturated heterocycles. The summed E-state index contributed by atoms with van der Waals surface area (Å²) in [5.74, 6) is -1.74. The number of rotatable bonds is 33. The van der Waals surface area contributed by atoms with Gasteiger partial charge in [-0.3, -0.25) is 27.6 Å². The van der Waals surface area contributed by atoms with Gasteiger partial charge in [0.25, 0.3) is 50.6 Å². The maximum atomic E-state index is 12.9. The van der Waals surface area contributed by atoms with Gasteiger partial charge in [0.05, 0.1) is 68.4 Å². The fraction of sp³-hybridized carbons (Fsp3) is 0.471. The van der Waals surface area contributed by atoms with Crippen LogP contribution in [-0.2, 0) is 89.9 Å². The molecule has 0 saturated carbocycles. The molecule has 0 amide bonds. The fourth-order valence-electron chi connectivity index (χ4n) is 9.83. The minimum atomic E-state index is -5.15. The Morgan fingerprint density at radius 2 is 1.16 bits per heavy atom. The second kappa shape index (κ2) is 26.9. The molecule has 438 valence electrons. The summed E-state index contributed by atoms with van der Waals surface area (Å²) in [4.78, 5) is 9.94. The van der Waals surface area contributed by atoms with Crippen LogP contribution in [0.5, 0.6) is 0 Å². The van der Waals surface area contributed by atoms with E-state index >= 15 is 0 Å². The van der Waals surface area contributed by atoms with Gasteiger partial charge in [0, 0.05) is 59.7 Å². The van der Waals surface area contributed by atoms with Crippen LogP contribution in [0, 0.1) is 6.92 Å². The van der Waals surface area contributed by atoms with Gasteiger partial charge in [-0.05, 0) is 115 Å². The van der Waals surface area contributed by atoms with E-state index in [9.17, 15) is 74.8 Å². The van der Waals surface area contributed by atoms with E-state index in [0.29, 0.717) is 80.3 Å². The van der Waals surface area contributed by atoms with Gasteiger partial charge in [-0.15, -0.1) is 0 Å². The van der Waals surface area contributed by atoms with Crippen molar-refractivity contribution in [2.45, 2.75) is 96.1 Å². The summed E-state index contributed by atoms with van der Waals surface area (Å²) in [7, 11) is -23.5. The van der Waals surface area contributed by atoms with Crippen LogP contribution in [-0.4, -0.2) is 155 Å². The molecule has 0 fully saturated rings. The van der Waals surface area contributed by atoms with Crippen molar-refractivity contribution in [2.24, 2.45) is 0 Å². The molecule has 79 heavy (non-hydrogen) atoms. The number of carboxylic acids is 1. The van der Waals surface area contributed by atoms with E-state index in [2.05, 4.69) is 6.58 Å². The maximum absolute atomic E-state index is 12.9. The summed E-state index contributed by atoms with van der Waals surface area (Å²) in [5, 5.41) is 9.07. The molecule has 5 rings (SSSR count). The molecule has 6 N–H and O–H groups in total. The van der Waals surface area contributed by atoms with Gasteiger partial charge in [0.1, 0.15) is 9.79 Å². The molecular formula is C51H67NO22S5. The van der Waals surface area contributed by atoms with Crippen molar-refractivity contribution in [1.29, 1.82) is 0 Å². The lowest BCUT2D eigenvalue weighted by Crippen LogP contribution is -2.31. The topological polar surface area (TPSA) is 359 Å². The lowest BCUT2D eigenvalue weighted by molar-refractivity contribution is -0.137. The minimum absolute atomic E-state index is 0.0116. The second-order valence-corrected chi connectivity index (χ2v) is 26.4. The van der Waals surface area contributed by atoms with Crippen LogP contribution in [0.2, 0.25) is 0 Å². The number of methoxy groups -OCH3 is 1. The van der Waals surface area contributed by atoms with Gasteiger partial charge in [-0.25, -0.2) is 0 Å². The maximum Gasteiger partial charge on any atom is 0.303 e. The first kappa shape index (κ1) is 65.1. The van der Waals surface area contributed by atoms with Crippen molar-refractivity contribution in [1.82, 2.24) is 0 Å². The molecule has 0 bridgehead atoms. The van der Waals surface area contributed by atoms with E-state index in [1.165, 1.54) is 18.2 Å². The van der Waals surface area contributed by atoms with E-state index in [1.807, 2.05) is 4.90 Å². The van der Waals surface area contributed by atoms with Crippen LogP contribution in [0.15, 0.2) is 104 Å². The van der Waals surface area contributed by atoms with Crippen molar-refractivity contribution in [2.75, 3.05) is 83.8 Å². The van der Waals surface area contributed by atoms with Crippen molar-refractivity contribution in [3.05, 3.63) is 101 Å². The van der Waals surface area contributed by atoms with Crippen molar-refractivity contribution >= 4 is 83.8 Å². The number of hydrogen-bond donors (Lipinski definition) is 6. The predicted octanol–water partition coefficient (Wildman–Crippen LogP) is 6.74. The van der Waals surface area contributed by atoms with E-state index < -0.39 is 92.7 Å². The predicted molar refractivity (Wildman–Crippen MR) is 292 cm³/mol. The lowest BCUT2D eigenvalue weighted by Gasteiger charge is -2.34. The Hall–Kier alpha value is -4.76. The first-order valence-electron chi connectivity index (χ1n) is 24.7. The van der Waals surface area contributed by atoms with E-state index in [1.54, 1.807) is 52.2 Å². The number of allylic oxidation sites excluding steroid dienone is 5. The average Bonchev–Trinajstić information content (AvgIpc) is 3.91. The summed E-state index contributed by atoms with van der Waals surface area (Å²) < 4.78 is 205. The molecule has 4 aromatic rings. The molecule has 2 unspecified atom stereocenters. The van der Waals surface area contributed by atoms with Crippen LogP contribution >= 0.6 is 0 Å². The zero-order valence-electron chi connectivity index (χ0n) is 44.0. The molecule has 0 spiro atoms. The van der Waals surface area contributed by atoms with E-state index in [-0.39, 0.29) is 97.9 Å². The normalized spacial score (nSPS) is 16.8. The Morgan fingerprint density at radius 1 is 0.658 bits per heavy atom. The van der Waals surface area contributed by atoms with Crippen molar-refractivity contribution < 1.29 is 98.4 Å². The molecule has 23 nitrogen and oxygen atoms in total. The van der Waals surface area contributed by atoms with Gasteiger partial charge < -0.3 is 33.7 Å². The van der Waals surface area contributed by atoms with Gasteiger partial charge in [-0.2, -0.15) is 42.1 Å². The quantitative estimate of drug-likeness (QED) is 0.0163. The highest BCUT2D eigenvalue weighted by molar-refractivity contribution is 7.87. The highest BCUT2D eigenvalue weighted by Crippen LogP contribution is 2.54. The number of aryl methyl sites for hydroxylation is 1. The minimum Gasteiger partial charge on any atom is -0.481 e. The molecule has 0 aliphatic carbocycles. The Kier molecular flexibility index (Phi) is 22.1. The summed E-state index contributed by atoms with van der Waals surface area (Å²) in [6.45, 7) is 11.9. The molecular weight excluding hydrogens is 1140 g/mol. The van der Waals surface area contributed by atoms with Gasteiger partial charge in [0.15, 0.2) is 0 Å². The number of aliphatic carboxylic acids is 1. The van der Waals surface area contributed by atoms with Gasteiger partial charge in [0.2, 0.25) is 0 Å². The third kappa shape index (κ3) is 16.9. The standard InChI is InChI=1S/C51H67NO22S5/c1-35-14-15-39-41(31-37(76(58,59)60)33-44(39)78(64,65)66)48(35)50(3,18-10-30-75(55,56)57)36(2)11-9-12-46-51(4,19-21-71-24-25-73-28-29-74-27-26-72-23-22-70-5)49-42-32-38(77(61,62)63)34-45(79(67,68)69)40(42)16-17-43(49)52(46)20-8-6-7-13-47(53)54/h9,11-12,14-17,31-34H,2,6-8,10,13,18-30H2,1,3-5H3,(H,53,54)(H,55,56,57)(H,58,59,60)(H,61,62,63)(H,64,65,66)(H,67,68,69)/b11-9+,46-12+. The summed E-state index contributed by atoms with van der Waals surface area (Å²) in [6, 6.07) is 9.10. The Labute approximate surface area is 461 Å². The van der Waals surface area contributed by atoms with E-state index in [0.717, 1.165) is 12.1 Å². The molecule has 0 aromatic heterocycles. The molecule has 1 aliphatic heterocycles. The van der Waals surface area contributed by atoms with E-state index in [4.69, 9.17) is 23.7 Å². The SMILES string of the molecule is C=C(/C=C/C=C1/N(CCCCCC(=O)O)c2ccc3c(S(=O)(=O)O)cc(S(=O)(=O)O)cc3c2C1(C)CCOCCOCCOCCOCCOC)C(C)(CCCS(=O)(=O)O)c1c(C)ccc2c(S(=O)(=O)O)cc(S(=O)(=O)O)cc12. The fourth-order valence-corrected chi connectivity index (χ4v) is 13.0. The number of carbonyl (C=O) groups is 1. The first-order chi connectivity index (χ1) is 36.8. The largest absolute Gasteiger partial charge is 0.481 e. The third-order valence-electron chi connectivity index (χ3n) is 13.6. The second-order valence-electron chi connectivity index (χ2n) is 19.2. The van der Waals surface area contributed by atoms with Crippen LogP contribution in [0.4, 0.5) is 5.69 Å². The number of ether oxygens (including phenoxy) is 5. The van der Waals surface area contributed by atoms with Crippen LogP contribution in [0.1, 0.15) is 75.5 Å². The highest BCUT2D eigenvalue weighted by atomic mass is 32.2. The summed E-state index contributed by atoms with van der Waals surface area (Å²) >= 11 is 0. The van der Waals surface area contributed by atoms with Gasteiger partial charge in [-0.1, -0.05) is 50.3 Å². The summed E-state index contributed by atoms with van der Waals surface area (Å²) in [6.07, 6.45) is 5.57. The highest BCUT2D eigenvalue weighted by Gasteiger charge is 2.45. The van der Waals surface area contributed by atoms with Crippen LogP contribution in [0.25, 0.3) is 21.5 Å². The van der Waals surface area contributed by atoms with Crippen molar-refractivity contribution in [3.8, 4) is 0 Å². The molecule has 1 aliphatic rings. The average molecular weight is 1210 g/mol. The molecule has 0 radical (unpaired) electrons. The molecule has 28 heteroatoms. The van der Waals surface area contributed by atoms with Crippen molar-refractivity contribution in [3.63, 3.8) is 0 Å². The third-order valence-corrected chi connectivity index (χ3v) is 17.9. The Morgan fingerprint density at radius 3 is 1.67 bits per heavy atom. The molecule has 2 atom stereocenters. The first-order valence-corrected chi connectivity index (χ1v) is 32.0. The zero-order valence-corrected chi connectivity index (χ0v) is 48.1. The Bertz CT molecular complexity index is 3540. The zero-order chi connectivity index (χ0) is 58.8. The van der Waals surface area contributed by atoms with Gasteiger partial charge >= 0.3 is 5.97 Å². The number of unbranched alkanes of at least 4 members (excludes halogenated alkanes) is 2. The number of hydrogen-bond acceptors (Lipinski definition) is 17. The summed E-state index contributed by atoms with van der Waals surface area (Å²) in [5.41, 5.74) is -0.587. The number of carboxylic acid groups (broad SMARTS) is 1. The van der Waals surface area contributed by atoms with Crippen LogP contribution < -0.4 is 4.90 Å². The molecule has 4 aromatic carbocycles. The smallest absolute Gasteiger partial charge is 0.303 e.